The van der Waals surface area contributed by atoms with Crippen molar-refractivity contribution in [3.63, 3.8) is 0 Å². The third-order valence-electron chi connectivity index (χ3n) is 11.1. The molecule has 0 heterocycles. The smallest absolute Gasteiger partial charge is 0.220 e. The molecule has 4 heteroatoms. The zero-order valence-electron chi connectivity index (χ0n) is 39.4. The summed E-state index contributed by atoms with van der Waals surface area (Å²) in [7, 11) is 0. The van der Waals surface area contributed by atoms with E-state index in [1.165, 1.54) is 141 Å². The van der Waals surface area contributed by atoms with Crippen LogP contribution in [0.1, 0.15) is 232 Å². The second kappa shape index (κ2) is 50.7. The van der Waals surface area contributed by atoms with E-state index in [9.17, 15) is 15.0 Å². The molecule has 0 aromatic heterocycles. The summed E-state index contributed by atoms with van der Waals surface area (Å²) in [6, 6.07) is -0.621. The summed E-state index contributed by atoms with van der Waals surface area (Å²) in [4.78, 5) is 12.3. The van der Waals surface area contributed by atoms with Crippen LogP contribution in [0.3, 0.4) is 0 Å². The summed E-state index contributed by atoms with van der Waals surface area (Å²) in [6.45, 7) is 4.13. The van der Waals surface area contributed by atoms with E-state index in [2.05, 4.69) is 104 Å². The predicted octanol–water partition coefficient (Wildman–Crippen LogP) is 16.6. The molecule has 0 spiro atoms. The minimum atomic E-state index is -0.838. The fourth-order valence-electron chi connectivity index (χ4n) is 7.22. The number of hydrogen-bond acceptors (Lipinski definition) is 3. The molecule has 0 saturated carbocycles. The minimum absolute atomic E-state index is 0.0696. The fourth-order valence-corrected chi connectivity index (χ4v) is 7.22. The number of amides is 1. The van der Waals surface area contributed by atoms with Crippen molar-refractivity contribution in [1.82, 2.24) is 5.32 Å². The summed E-state index contributed by atoms with van der Waals surface area (Å²) < 4.78 is 0. The van der Waals surface area contributed by atoms with E-state index < -0.39 is 12.1 Å². The first-order valence-corrected chi connectivity index (χ1v) is 25.5. The van der Waals surface area contributed by atoms with Gasteiger partial charge >= 0.3 is 0 Å². The van der Waals surface area contributed by atoms with Crippen LogP contribution in [0.4, 0.5) is 0 Å². The molecule has 0 aliphatic rings. The van der Waals surface area contributed by atoms with Gasteiger partial charge in [0.2, 0.25) is 5.91 Å². The molecule has 0 radical (unpaired) electrons. The van der Waals surface area contributed by atoms with E-state index in [0.717, 1.165) is 70.6 Å². The number of unbranched alkanes of at least 4 members (excludes halogenated alkanes) is 24. The molecule has 0 rings (SSSR count). The van der Waals surface area contributed by atoms with Crippen LogP contribution in [0.2, 0.25) is 0 Å². The molecule has 4 nitrogen and oxygen atoms in total. The molecule has 1 amide bonds. The lowest BCUT2D eigenvalue weighted by Crippen LogP contribution is -2.45. The van der Waals surface area contributed by atoms with Crippen LogP contribution in [0.25, 0.3) is 0 Å². The number of carbonyl (C=O) groups excluding carboxylic acids is 1. The maximum absolute atomic E-state index is 12.3. The minimum Gasteiger partial charge on any atom is -0.394 e. The second-order valence-corrected chi connectivity index (χ2v) is 16.9. The lowest BCUT2D eigenvalue weighted by molar-refractivity contribution is -0.123. The van der Waals surface area contributed by atoms with E-state index in [-0.39, 0.29) is 12.5 Å². The molecule has 2 atom stereocenters. The Kier molecular flexibility index (Phi) is 48.4. The third-order valence-corrected chi connectivity index (χ3v) is 11.1. The maximum atomic E-state index is 12.3. The molecule has 0 aliphatic carbocycles. The molecule has 3 N–H and O–H groups in total. The number of hydrogen-bond donors (Lipinski definition) is 3. The first-order chi connectivity index (χ1) is 29.7. The Hall–Kier alpha value is -2.69. The van der Waals surface area contributed by atoms with Crippen molar-refractivity contribution in [1.29, 1.82) is 0 Å². The largest absolute Gasteiger partial charge is 0.394 e. The molecule has 0 aliphatic heterocycles. The van der Waals surface area contributed by atoms with Gasteiger partial charge in [-0.25, -0.2) is 0 Å². The van der Waals surface area contributed by atoms with Gasteiger partial charge in [-0.1, -0.05) is 246 Å². The Morgan fingerprint density at radius 2 is 0.733 bits per heavy atom. The summed E-state index contributed by atoms with van der Waals surface area (Å²) in [5.74, 6) is -0.0696. The lowest BCUT2D eigenvalue weighted by atomic mass is 10.0. The monoisotopic (exact) mass is 832 g/mol. The van der Waals surface area contributed by atoms with Crippen molar-refractivity contribution in [2.75, 3.05) is 6.61 Å². The molecular formula is C56H97NO3. The zero-order chi connectivity index (χ0) is 43.5. The standard InChI is InChI=1S/C56H97NO3/c1-3-5-7-9-11-12-13-14-15-16-17-18-19-20-21-22-23-24-25-26-27-28-29-30-31-32-33-34-35-36-37-38-39-40-41-42-43-44-46-48-50-52-56(60)57-54(53-58)55(59)51-49-47-45-10-8-6-4-2/h5,7,11-12,14-15,17-18,20-21,23-24,26-27,49,51,54-55,58-59H,3-4,6,8-10,13,16,19,22,25,28-48,50,52-53H2,1-2H3,(H,57,60)/b7-5-,12-11-,15-14-,18-17-,21-20-,24-23-,27-26-,51-49+. The number of allylic oxidation sites excluding steroid dienone is 15. The molecule has 0 aromatic rings. The topological polar surface area (TPSA) is 69.6 Å². The van der Waals surface area contributed by atoms with Crippen LogP contribution in [-0.2, 0) is 4.79 Å². The summed E-state index contributed by atoms with van der Waals surface area (Å²) >= 11 is 0. The Morgan fingerprint density at radius 3 is 1.10 bits per heavy atom. The predicted molar refractivity (Wildman–Crippen MR) is 266 cm³/mol. The molecule has 0 fully saturated rings. The normalized spacial score (nSPS) is 13.7. The van der Waals surface area contributed by atoms with Crippen molar-refractivity contribution in [2.24, 2.45) is 0 Å². The Morgan fingerprint density at radius 1 is 0.417 bits per heavy atom. The molecule has 2 unspecified atom stereocenters. The molecular weight excluding hydrogens is 735 g/mol. The highest BCUT2D eigenvalue weighted by atomic mass is 16.3. The summed E-state index contributed by atoms with van der Waals surface area (Å²) in [5, 5.41) is 22.8. The number of carbonyl (C=O) groups is 1. The Labute approximate surface area is 373 Å². The van der Waals surface area contributed by atoms with Crippen LogP contribution in [0.15, 0.2) is 97.2 Å². The lowest BCUT2D eigenvalue weighted by Gasteiger charge is -2.20. The van der Waals surface area contributed by atoms with Crippen molar-refractivity contribution >= 4 is 5.91 Å². The van der Waals surface area contributed by atoms with E-state index in [0.29, 0.717) is 6.42 Å². The van der Waals surface area contributed by atoms with Crippen LogP contribution in [0, 0.1) is 0 Å². The number of rotatable bonds is 45. The zero-order valence-corrected chi connectivity index (χ0v) is 39.4. The Bertz CT molecular complexity index is 1130. The van der Waals surface area contributed by atoms with Gasteiger partial charge in [-0.2, -0.15) is 0 Å². The fraction of sp³-hybridized carbons (Fsp3) is 0.696. The van der Waals surface area contributed by atoms with Gasteiger partial charge in [0.15, 0.2) is 0 Å². The highest BCUT2D eigenvalue weighted by molar-refractivity contribution is 5.76. The van der Waals surface area contributed by atoms with Crippen molar-refractivity contribution < 1.29 is 15.0 Å². The maximum Gasteiger partial charge on any atom is 0.220 e. The van der Waals surface area contributed by atoms with Gasteiger partial charge in [-0.05, 0) is 77.0 Å². The van der Waals surface area contributed by atoms with Gasteiger partial charge in [0, 0.05) is 6.42 Å². The van der Waals surface area contributed by atoms with Gasteiger partial charge in [0.1, 0.15) is 0 Å². The van der Waals surface area contributed by atoms with Gasteiger partial charge in [-0.15, -0.1) is 0 Å². The van der Waals surface area contributed by atoms with Gasteiger partial charge in [0.05, 0.1) is 18.8 Å². The number of nitrogens with one attached hydrogen (secondary N) is 1. The quantitative estimate of drug-likeness (QED) is 0.0423. The second-order valence-electron chi connectivity index (χ2n) is 16.9. The van der Waals surface area contributed by atoms with Crippen LogP contribution in [-0.4, -0.2) is 34.9 Å². The first kappa shape index (κ1) is 57.3. The highest BCUT2D eigenvalue weighted by Gasteiger charge is 2.17. The van der Waals surface area contributed by atoms with E-state index in [4.69, 9.17) is 0 Å². The van der Waals surface area contributed by atoms with Crippen molar-refractivity contribution in [2.45, 2.75) is 244 Å². The average Bonchev–Trinajstić information content (AvgIpc) is 3.25. The van der Waals surface area contributed by atoms with Crippen molar-refractivity contribution in [3.8, 4) is 0 Å². The molecule has 0 bridgehead atoms. The first-order valence-electron chi connectivity index (χ1n) is 25.5. The van der Waals surface area contributed by atoms with E-state index >= 15 is 0 Å². The summed E-state index contributed by atoms with van der Waals surface area (Å²) in [6.07, 6.45) is 75.8. The number of aliphatic hydroxyl groups excluding tert-OH is 2. The van der Waals surface area contributed by atoms with Crippen LogP contribution in [0.5, 0.6) is 0 Å². The van der Waals surface area contributed by atoms with Crippen LogP contribution < -0.4 is 5.32 Å². The third kappa shape index (κ3) is 46.4. The highest BCUT2D eigenvalue weighted by Crippen LogP contribution is 2.15. The van der Waals surface area contributed by atoms with Gasteiger partial charge in [-0.3, -0.25) is 4.79 Å². The number of aliphatic hydroxyl groups is 2. The summed E-state index contributed by atoms with van der Waals surface area (Å²) in [5.41, 5.74) is 0. The molecule has 60 heavy (non-hydrogen) atoms. The molecule has 0 saturated heterocycles. The Balaban J connectivity index is 3.44. The molecule has 344 valence electrons. The van der Waals surface area contributed by atoms with E-state index in [1.54, 1.807) is 6.08 Å². The van der Waals surface area contributed by atoms with Crippen molar-refractivity contribution in [3.05, 3.63) is 97.2 Å². The van der Waals surface area contributed by atoms with E-state index in [1.807, 2.05) is 6.08 Å². The molecule has 0 aromatic carbocycles. The average molecular weight is 832 g/mol. The SMILES string of the molecule is CC/C=C\C/C=C\C/C=C\C/C=C\C/C=C\C/C=C\C/C=C\CCCCCCCCCCCCCCCCCCCCCC(=O)NC(CO)C(O)/C=C/CCCCCCC. The van der Waals surface area contributed by atoms with Gasteiger partial charge in [0.25, 0.3) is 0 Å². The van der Waals surface area contributed by atoms with Gasteiger partial charge < -0.3 is 15.5 Å². The van der Waals surface area contributed by atoms with Crippen LogP contribution >= 0.6 is 0 Å².